The van der Waals surface area contributed by atoms with Gasteiger partial charge < -0.3 is 25.2 Å². The van der Waals surface area contributed by atoms with Crippen LogP contribution in [-0.2, 0) is 14.3 Å². The van der Waals surface area contributed by atoms with Gasteiger partial charge in [-0.15, -0.1) is 0 Å². The maximum Gasteiger partial charge on any atom is 0.258 e. The smallest absolute Gasteiger partial charge is 0.258 e. The van der Waals surface area contributed by atoms with Crippen molar-refractivity contribution in [2.75, 3.05) is 38.0 Å². The van der Waals surface area contributed by atoms with Gasteiger partial charge in [0, 0.05) is 13.2 Å². The summed E-state index contributed by atoms with van der Waals surface area (Å²) in [4.78, 5) is 23.8. The van der Waals surface area contributed by atoms with Gasteiger partial charge in [0.15, 0.2) is 0 Å². The lowest BCUT2D eigenvalue weighted by molar-refractivity contribution is -0.127. The first-order chi connectivity index (χ1) is 14.8. The summed E-state index contributed by atoms with van der Waals surface area (Å²) in [6.45, 7) is 8.85. The Morgan fingerprint density at radius 2 is 1.55 bits per heavy atom. The lowest BCUT2D eigenvalue weighted by Gasteiger charge is -2.14. The van der Waals surface area contributed by atoms with E-state index in [0.717, 1.165) is 26.1 Å². The van der Waals surface area contributed by atoms with Crippen LogP contribution in [0, 0.1) is 5.92 Å². The van der Waals surface area contributed by atoms with E-state index in [0.29, 0.717) is 12.1 Å². The largest absolute Gasteiger partial charge is 0.394 e. The number of aliphatic hydroxyl groups excluding tert-OH is 4. The number of amides is 2. The zero-order valence-corrected chi connectivity index (χ0v) is 19.2. The van der Waals surface area contributed by atoms with Gasteiger partial charge >= 0.3 is 0 Å². The minimum atomic E-state index is -0.560. The molecule has 1 aliphatic rings. The second-order valence-electron chi connectivity index (χ2n) is 6.44. The molecule has 0 aliphatic carbocycles. The van der Waals surface area contributed by atoms with Crippen LogP contribution in [0.25, 0.3) is 0 Å². The molecule has 0 radical (unpaired) electrons. The first-order valence-corrected chi connectivity index (χ1v) is 10.6. The number of unbranched alkanes of at least 4 members (excludes halogenated alkanes) is 1. The molecule has 1 aromatic rings. The molecule has 1 aliphatic heterocycles. The highest BCUT2D eigenvalue weighted by Gasteiger charge is 2.39. The van der Waals surface area contributed by atoms with Crippen LogP contribution in [0.1, 0.15) is 47.0 Å². The number of nitrogens with zero attached hydrogens (tertiary/aromatic N) is 1. The predicted molar refractivity (Wildman–Crippen MR) is 120 cm³/mol. The van der Waals surface area contributed by atoms with E-state index in [-0.39, 0.29) is 31.6 Å². The van der Waals surface area contributed by atoms with Crippen molar-refractivity contribution in [3.63, 3.8) is 0 Å². The molecule has 5 N–H and O–H groups in total. The molecule has 1 fully saturated rings. The Morgan fingerprint density at radius 3 is 1.90 bits per heavy atom. The average molecular weight is 445 g/mol. The third-order valence-corrected chi connectivity index (χ3v) is 3.69. The molecule has 9 nitrogen and oxygen atoms in total. The highest BCUT2D eigenvalue weighted by molar-refractivity contribution is 6.14. The Hall–Kier alpha value is -2.04. The van der Waals surface area contributed by atoms with Crippen molar-refractivity contribution in [1.29, 1.82) is 0 Å². The number of hydrazine groups is 1. The van der Waals surface area contributed by atoms with Crippen molar-refractivity contribution in [3.05, 3.63) is 30.3 Å². The standard InChI is InChI=1S/C13H16N2O2.C4H10O.C3H8O2.C2H6O2/c1-2-3-9-11-12(16)14-15(13(11)17)10-7-5-4-6-8-10;1-3-5-4-2;1-3(5)2-4;3-1-2-4/h4-8,11H,2-3,9H2,1H3,(H,14,16);3-4H2,1-2H3;3-5H,2H2,1H3;3-4H,1-2H2. The van der Waals surface area contributed by atoms with Gasteiger partial charge in [-0.25, -0.2) is 5.01 Å². The van der Waals surface area contributed by atoms with E-state index < -0.39 is 12.0 Å². The van der Waals surface area contributed by atoms with Crippen molar-refractivity contribution in [1.82, 2.24) is 5.43 Å². The number of benzene rings is 1. The number of carbonyl (C=O) groups is 2. The van der Waals surface area contributed by atoms with Crippen molar-refractivity contribution in [2.24, 2.45) is 5.92 Å². The van der Waals surface area contributed by atoms with Gasteiger partial charge in [0.25, 0.3) is 11.8 Å². The molecule has 1 heterocycles. The highest BCUT2D eigenvalue weighted by Crippen LogP contribution is 2.22. The predicted octanol–water partition coefficient (Wildman–Crippen LogP) is 1.24. The zero-order valence-electron chi connectivity index (χ0n) is 19.2. The van der Waals surface area contributed by atoms with E-state index in [2.05, 4.69) is 5.43 Å². The number of carbonyl (C=O) groups excluding carboxylic acids is 2. The molecule has 0 aromatic heterocycles. The summed E-state index contributed by atoms with van der Waals surface area (Å²) in [5.41, 5.74) is 3.34. The number of rotatable bonds is 8. The lowest BCUT2D eigenvalue weighted by Crippen LogP contribution is -2.35. The number of nitrogens with one attached hydrogen (secondary N) is 1. The van der Waals surface area contributed by atoms with E-state index in [9.17, 15) is 9.59 Å². The fraction of sp³-hybridized carbons (Fsp3) is 0.636. The molecule has 9 heteroatoms. The number of aliphatic hydroxyl groups is 4. The van der Waals surface area contributed by atoms with Gasteiger partial charge in [0.1, 0.15) is 5.92 Å². The summed E-state index contributed by atoms with van der Waals surface area (Å²) in [5.74, 6) is -0.850. The third kappa shape index (κ3) is 15.4. The van der Waals surface area contributed by atoms with Crippen LogP contribution in [0.3, 0.4) is 0 Å². The first-order valence-electron chi connectivity index (χ1n) is 10.6. The first kappa shape index (κ1) is 31.1. The summed E-state index contributed by atoms with van der Waals surface area (Å²) in [6, 6.07) is 9.17. The zero-order chi connectivity index (χ0) is 24.1. The van der Waals surface area contributed by atoms with Crippen LogP contribution >= 0.6 is 0 Å². The van der Waals surface area contributed by atoms with Crippen LogP contribution in [0.4, 0.5) is 5.69 Å². The Bertz CT molecular complexity index is 552. The molecule has 0 saturated carbocycles. The molecular weight excluding hydrogens is 404 g/mol. The maximum absolute atomic E-state index is 12.1. The van der Waals surface area contributed by atoms with E-state index in [4.69, 9.17) is 25.2 Å². The van der Waals surface area contributed by atoms with Crippen LogP contribution < -0.4 is 10.4 Å². The average Bonchev–Trinajstić information content (AvgIpc) is 3.07. The number of para-hydroxylation sites is 1. The van der Waals surface area contributed by atoms with Gasteiger partial charge in [0.2, 0.25) is 0 Å². The van der Waals surface area contributed by atoms with E-state index in [1.807, 2.05) is 39.0 Å². The van der Waals surface area contributed by atoms with Gasteiger partial charge in [-0.2, -0.15) is 0 Å². The van der Waals surface area contributed by atoms with Gasteiger partial charge in [0.05, 0.1) is 31.6 Å². The minimum Gasteiger partial charge on any atom is -0.394 e. The number of anilines is 1. The Balaban J connectivity index is 0. The van der Waals surface area contributed by atoms with E-state index in [1.54, 1.807) is 12.1 Å². The van der Waals surface area contributed by atoms with Gasteiger partial charge in [-0.05, 0) is 39.3 Å². The molecule has 1 saturated heterocycles. The quantitative estimate of drug-likeness (QED) is 0.380. The summed E-state index contributed by atoms with van der Waals surface area (Å²) in [5, 5.41) is 32.6. The fourth-order valence-corrected chi connectivity index (χ4v) is 2.15. The topological polar surface area (TPSA) is 140 Å². The third-order valence-electron chi connectivity index (χ3n) is 3.69. The van der Waals surface area contributed by atoms with Crippen LogP contribution in [0.5, 0.6) is 0 Å². The van der Waals surface area contributed by atoms with Crippen molar-refractivity contribution in [2.45, 2.75) is 53.1 Å². The SMILES string of the molecule is CC(O)CO.CCCCC1C(=O)NN(c2ccccc2)C1=O.CCOCC.OCCO. The number of hydrogen-bond acceptors (Lipinski definition) is 7. The molecule has 2 rings (SSSR count). The molecule has 2 amide bonds. The molecule has 2 atom stereocenters. The molecule has 2 unspecified atom stereocenters. The summed E-state index contributed by atoms with van der Waals surface area (Å²) >= 11 is 0. The summed E-state index contributed by atoms with van der Waals surface area (Å²) in [6.07, 6.45) is 1.95. The fourth-order valence-electron chi connectivity index (χ4n) is 2.15. The van der Waals surface area contributed by atoms with Crippen LogP contribution in [0.2, 0.25) is 0 Å². The molecule has 31 heavy (non-hydrogen) atoms. The van der Waals surface area contributed by atoms with Crippen molar-refractivity contribution in [3.8, 4) is 0 Å². The molecular formula is C22H40N2O7. The number of hydrogen-bond donors (Lipinski definition) is 5. The number of ether oxygens (including phenoxy) is 1. The minimum absolute atomic E-state index is 0.125. The van der Waals surface area contributed by atoms with Crippen LogP contribution in [0.15, 0.2) is 30.3 Å². The van der Waals surface area contributed by atoms with Crippen LogP contribution in [-0.4, -0.2) is 71.4 Å². The molecule has 0 spiro atoms. The monoisotopic (exact) mass is 444 g/mol. The summed E-state index contributed by atoms with van der Waals surface area (Å²) in [7, 11) is 0. The van der Waals surface area contributed by atoms with Crippen molar-refractivity contribution >= 4 is 17.5 Å². The second-order valence-corrected chi connectivity index (χ2v) is 6.44. The van der Waals surface area contributed by atoms with Crippen molar-refractivity contribution < 1.29 is 34.8 Å². The van der Waals surface area contributed by atoms with E-state index >= 15 is 0 Å². The Labute approximate surface area is 185 Å². The highest BCUT2D eigenvalue weighted by atomic mass is 16.5. The maximum atomic E-state index is 12.1. The second kappa shape index (κ2) is 21.2. The van der Waals surface area contributed by atoms with Gasteiger partial charge in [-0.3, -0.25) is 15.0 Å². The summed E-state index contributed by atoms with van der Waals surface area (Å²) < 4.78 is 4.83. The normalized spacial score (nSPS) is 15.5. The Morgan fingerprint density at radius 1 is 1.03 bits per heavy atom. The van der Waals surface area contributed by atoms with Gasteiger partial charge in [-0.1, -0.05) is 38.0 Å². The molecule has 180 valence electrons. The lowest BCUT2D eigenvalue weighted by atomic mass is 10.0. The molecule has 0 bridgehead atoms. The van der Waals surface area contributed by atoms with E-state index in [1.165, 1.54) is 11.9 Å². The Kier molecular flexibility index (Phi) is 21.3. The molecule has 1 aromatic carbocycles.